The highest BCUT2D eigenvalue weighted by Gasteiger charge is 2.21. The maximum absolute atomic E-state index is 12.9. The number of pyridine rings is 1. The Bertz CT molecular complexity index is 943. The molecule has 2 aromatic heterocycles. The van der Waals surface area contributed by atoms with Gasteiger partial charge in [0.25, 0.3) is 11.5 Å². The predicted molar refractivity (Wildman–Crippen MR) is 104 cm³/mol. The second kappa shape index (κ2) is 8.47. The molecule has 0 aliphatic rings. The van der Waals surface area contributed by atoms with Crippen molar-refractivity contribution < 1.29 is 9.53 Å². The van der Waals surface area contributed by atoms with Crippen LogP contribution < -0.4 is 16.6 Å². The normalized spacial score (nSPS) is 12.7. The zero-order chi connectivity index (χ0) is 20.3. The van der Waals surface area contributed by atoms with E-state index in [1.165, 1.54) is 4.57 Å². The van der Waals surface area contributed by atoms with Gasteiger partial charge in [0, 0.05) is 25.4 Å². The first-order valence-electron chi connectivity index (χ1n) is 9.13. The molecular weight excluding hydrogens is 348 g/mol. The van der Waals surface area contributed by atoms with Gasteiger partial charge in [0.1, 0.15) is 0 Å². The number of hydrogen-bond donors (Lipinski definition) is 2. The second-order valence-corrected chi connectivity index (χ2v) is 7.54. The van der Waals surface area contributed by atoms with Gasteiger partial charge in [-0.2, -0.15) is 0 Å². The molecular formula is C19H28N4O4. The highest BCUT2D eigenvalue weighted by molar-refractivity contribution is 6.05. The quantitative estimate of drug-likeness (QED) is 0.764. The van der Waals surface area contributed by atoms with Gasteiger partial charge in [0.05, 0.1) is 17.6 Å². The van der Waals surface area contributed by atoms with Crippen molar-refractivity contribution in [3.05, 3.63) is 38.2 Å². The summed E-state index contributed by atoms with van der Waals surface area (Å²) < 4.78 is 6.48. The molecule has 2 N–H and O–H groups in total. The maximum atomic E-state index is 12.9. The standard InChI is InChI=1S/C19H28N4O4/c1-10(2)8-23-16-15(18(25)22-19(23)26)13(7-14(21-16)11(3)4)17(24)20-12(5)9-27-6/h7,10-12H,8-9H2,1-6H3,(H,20,24)(H,22,25,26). The predicted octanol–water partition coefficient (Wildman–Crippen LogP) is 1.63. The molecule has 0 aromatic carbocycles. The number of nitrogens with one attached hydrogen (secondary N) is 2. The highest BCUT2D eigenvalue weighted by atomic mass is 16.5. The van der Waals surface area contributed by atoms with E-state index in [2.05, 4.69) is 15.3 Å². The van der Waals surface area contributed by atoms with Gasteiger partial charge in [-0.05, 0) is 24.8 Å². The Morgan fingerprint density at radius 3 is 2.48 bits per heavy atom. The summed E-state index contributed by atoms with van der Waals surface area (Å²) in [6.07, 6.45) is 0. The largest absolute Gasteiger partial charge is 0.383 e. The van der Waals surface area contributed by atoms with E-state index in [4.69, 9.17) is 4.74 Å². The summed E-state index contributed by atoms with van der Waals surface area (Å²) in [5, 5.41) is 2.95. The number of nitrogens with zero attached hydrogens (tertiary/aromatic N) is 2. The second-order valence-electron chi connectivity index (χ2n) is 7.54. The summed E-state index contributed by atoms with van der Waals surface area (Å²) in [6, 6.07) is 1.40. The van der Waals surface area contributed by atoms with Crippen LogP contribution >= 0.6 is 0 Å². The molecule has 8 heteroatoms. The number of H-pyrrole nitrogens is 1. The molecule has 1 amide bonds. The number of amides is 1. The molecule has 0 radical (unpaired) electrons. The Balaban J connectivity index is 2.77. The molecule has 0 bridgehead atoms. The molecule has 0 saturated carbocycles. The Hall–Kier alpha value is -2.48. The van der Waals surface area contributed by atoms with Crippen LogP contribution in [0.15, 0.2) is 15.7 Å². The first-order valence-corrected chi connectivity index (χ1v) is 9.13. The number of aromatic nitrogens is 3. The average Bonchev–Trinajstić information content (AvgIpc) is 2.57. The Morgan fingerprint density at radius 2 is 1.93 bits per heavy atom. The van der Waals surface area contributed by atoms with E-state index in [9.17, 15) is 14.4 Å². The lowest BCUT2D eigenvalue weighted by molar-refractivity contribution is 0.0907. The van der Waals surface area contributed by atoms with Gasteiger partial charge in [-0.25, -0.2) is 9.78 Å². The van der Waals surface area contributed by atoms with Crippen LogP contribution in [0.5, 0.6) is 0 Å². The molecule has 1 unspecified atom stereocenters. The number of aromatic amines is 1. The number of methoxy groups -OCH3 is 1. The number of carbonyl (C=O) groups is 1. The van der Waals surface area contributed by atoms with Crippen molar-refractivity contribution in [2.24, 2.45) is 5.92 Å². The van der Waals surface area contributed by atoms with Crippen molar-refractivity contribution in [3.8, 4) is 0 Å². The van der Waals surface area contributed by atoms with Crippen LogP contribution in [0.25, 0.3) is 11.0 Å². The Labute approximate surface area is 158 Å². The molecule has 0 aliphatic heterocycles. The molecule has 27 heavy (non-hydrogen) atoms. The van der Waals surface area contributed by atoms with Crippen molar-refractivity contribution in [2.75, 3.05) is 13.7 Å². The topological polar surface area (TPSA) is 106 Å². The highest BCUT2D eigenvalue weighted by Crippen LogP contribution is 2.20. The molecule has 0 saturated heterocycles. The molecule has 148 valence electrons. The molecule has 0 spiro atoms. The Kier molecular flexibility index (Phi) is 6.54. The van der Waals surface area contributed by atoms with E-state index in [-0.39, 0.29) is 34.5 Å². The van der Waals surface area contributed by atoms with E-state index in [1.54, 1.807) is 13.2 Å². The number of fused-ring (bicyclic) bond motifs is 1. The Morgan fingerprint density at radius 1 is 1.26 bits per heavy atom. The van der Waals surface area contributed by atoms with Crippen LogP contribution in [0.3, 0.4) is 0 Å². The lowest BCUT2D eigenvalue weighted by Crippen LogP contribution is -2.38. The van der Waals surface area contributed by atoms with Gasteiger partial charge in [-0.1, -0.05) is 27.7 Å². The van der Waals surface area contributed by atoms with E-state index in [0.29, 0.717) is 18.8 Å². The lowest BCUT2D eigenvalue weighted by Gasteiger charge is -2.17. The zero-order valence-electron chi connectivity index (χ0n) is 16.8. The fraction of sp³-hybridized carbons (Fsp3) is 0.579. The molecule has 2 rings (SSSR count). The summed E-state index contributed by atoms with van der Waals surface area (Å²) in [4.78, 5) is 44.6. The van der Waals surface area contributed by atoms with Crippen LogP contribution in [0.2, 0.25) is 0 Å². The maximum Gasteiger partial charge on any atom is 0.330 e. The summed E-state index contributed by atoms with van der Waals surface area (Å²) in [5.41, 5.74) is -0.0239. The van der Waals surface area contributed by atoms with Crippen molar-refractivity contribution in [3.63, 3.8) is 0 Å². The van der Waals surface area contributed by atoms with Gasteiger partial charge >= 0.3 is 5.69 Å². The van der Waals surface area contributed by atoms with E-state index >= 15 is 0 Å². The van der Waals surface area contributed by atoms with Gasteiger partial charge in [0.15, 0.2) is 5.65 Å². The van der Waals surface area contributed by atoms with Crippen LogP contribution in [-0.2, 0) is 11.3 Å². The minimum Gasteiger partial charge on any atom is -0.383 e. The summed E-state index contributed by atoms with van der Waals surface area (Å²) in [5.74, 6) is -0.200. The van der Waals surface area contributed by atoms with Crippen LogP contribution in [0, 0.1) is 5.92 Å². The van der Waals surface area contributed by atoms with Crippen molar-refractivity contribution in [2.45, 2.75) is 53.1 Å². The molecule has 8 nitrogen and oxygen atoms in total. The fourth-order valence-electron chi connectivity index (χ4n) is 2.90. The first-order chi connectivity index (χ1) is 12.6. The molecule has 0 aliphatic carbocycles. The summed E-state index contributed by atoms with van der Waals surface area (Å²) in [7, 11) is 1.55. The molecule has 2 aromatic rings. The van der Waals surface area contributed by atoms with Gasteiger partial charge in [-0.15, -0.1) is 0 Å². The van der Waals surface area contributed by atoms with Crippen LogP contribution in [0.1, 0.15) is 56.6 Å². The third-order valence-electron chi connectivity index (χ3n) is 4.15. The fourth-order valence-corrected chi connectivity index (χ4v) is 2.90. The molecule has 1 atom stereocenters. The first kappa shape index (κ1) is 20.8. The third kappa shape index (κ3) is 4.63. The van der Waals surface area contributed by atoms with E-state index in [0.717, 1.165) is 0 Å². The van der Waals surface area contributed by atoms with Crippen molar-refractivity contribution in [1.29, 1.82) is 0 Å². The van der Waals surface area contributed by atoms with Gasteiger partial charge in [-0.3, -0.25) is 19.1 Å². The van der Waals surface area contributed by atoms with E-state index < -0.39 is 17.2 Å². The van der Waals surface area contributed by atoms with Gasteiger partial charge < -0.3 is 10.1 Å². The zero-order valence-corrected chi connectivity index (χ0v) is 16.8. The summed E-state index contributed by atoms with van der Waals surface area (Å²) in [6.45, 7) is 10.4. The van der Waals surface area contributed by atoms with Crippen molar-refractivity contribution >= 4 is 16.9 Å². The molecule has 0 fully saturated rings. The van der Waals surface area contributed by atoms with Gasteiger partial charge in [0.2, 0.25) is 0 Å². The number of hydrogen-bond acceptors (Lipinski definition) is 5. The molecule has 2 heterocycles. The summed E-state index contributed by atoms with van der Waals surface area (Å²) >= 11 is 0. The number of carbonyl (C=O) groups excluding carboxylic acids is 1. The minimum atomic E-state index is -0.609. The van der Waals surface area contributed by atoms with Crippen LogP contribution in [-0.4, -0.2) is 40.2 Å². The number of ether oxygens (including phenoxy) is 1. The lowest BCUT2D eigenvalue weighted by atomic mass is 10.0. The van der Waals surface area contributed by atoms with Crippen LogP contribution in [0.4, 0.5) is 0 Å². The monoisotopic (exact) mass is 376 g/mol. The SMILES string of the molecule is COCC(C)NC(=O)c1cc(C(C)C)nc2c1c(=O)[nH]c(=O)n2CC(C)C. The van der Waals surface area contributed by atoms with Crippen molar-refractivity contribution in [1.82, 2.24) is 19.9 Å². The van der Waals surface area contributed by atoms with E-state index in [1.807, 2.05) is 34.6 Å². The third-order valence-corrected chi connectivity index (χ3v) is 4.15. The minimum absolute atomic E-state index is 0.0271. The smallest absolute Gasteiger partial charge is 0.330 e. The average molecular weight is 376 g/mol. The number of rotatable bonds is 7.